The van der Waals surface area contributed by atoms with Crippen molar-refractivity contribution in [1.29, 1.82) is 0 Å². The minimum absolute atomic E-state index is 0.0598. The van der Waals surface area contributed by atoms with Gasteiger partial charge in [-0.1, -0.05) is 13.3 Å². The molecule has 0 radical (unpaired) electrons. The lowest BCUT2D eigenvalue weighted by Gasteiger charge is -2.34. The van der Waals surface area contributed by atoms with Crippen molar-refractivity contribution < 1.29 is 18.3 Å². The van der Waals surface area contributed by atoms with Crippen molar-refractivity contribution in [3.63, 3.8) is 0 Å². The Bertz CT molecular complexity index is 1380. The number of carbonyl (C=O) groups is 1. The van der Waals surface area contributed by atoms with E-state index in [0.29, 0.717) is 35.5 Å². The molecular weight excluding hydrogens is 496 g/mol. The molecule has 1 saturated heterocycles. The summed E-state index contributed by atoms with van der Waals surface area (Å²) in [5.74, 6) is 0.497. The third-order valence-electron chi connectivity index (χ3n) is 7.53. The largest absolute Gasteiger partial charge is 0.429 e. The molecule has 4 heterocycles. The van der Waals surface area contributed by atoms with Gasteiger partial charge in [-0.2, -0.15) is 13.8 Å². The van der Waals surface area contributed by atoms with Crippen molar-refractivity contribution in [2.45, 2.75) is 57.7 Å². The fourth-order valence-electron chi connectivity index (χ4n) is 5.42. The maximum absolute atomic E-state index is 13.2. The van der Waals surface area contributed by atoms with Crippen molar-refractivity contribution in [3.8, 4) is 5.75 Å². The van der Waals surface area contributed by atoms with Gasteiger partial charge in [0.25, 0.3) is 5.56 Å². The number of anilines is 3. The minimum Gasteiger partial charge on any atom is -0.429 e. The molecule has 0 bridgehead atoms. The van der Waals surface area contributed by atoms with Crippen LogP contribution in [0.5, 0.6) is 5.75 Å². The van der Waals surface area contributed by atoms with Gasteiger partial charge in [0.15, 0.2) is 5.75 Å². The number of halogens is 2. The number of nitrogens with one attached hydrogen (secondary N) is 1. The second-order valence-electron chi connectivity index (χ2n) is 10.2. The minimum atomic E-state index is -3.11. The fraction of sp³-hybridized carbons (Fsp3) is 0.500. The number of carbonyl (C=O) groups excluding carboxylic acids is 1. The van der Waals surface area contributed by atoms with Gasteiger partial charge in [0.2, 0.25) is 11.9 Å². The lowest BCUT2D eigenvalue weighted by molar-refractivity contribution is -0.120. The van der Waals surface area contributed by atoms with Crippen LogP contribution in [0.1, 0.15) is 45.1 Å². The zero-order valence-electron chi connectivity index (χ0n) is 21.6. The van der Waals surface area contributed by atoms with Crippen molar-refractivity contribution in [2.24, 2.45) is 5.92 Å². The van der Waals surface area contributed by atoms with Crippen LogP contribution in [-0.4, -0.2) is 63.6 Å². The van der Waals surface area contributed by atoms with Crippen LogP contribution in [0.25, 0.3) is 11.0 Å². The van der Waals surface area contributed by atoms with E-state index in [0.717, 1.165) is 25.7 Å². The third kappa shape index (κ3) is 5.17. The zero-order chi connectivity index (χ0) is 27.0. The van der Waals surface area contributed by atoms with Gasteiger partial charge in [-0.15, -0.1) is 0 Å². The molecule has 3 aromatic heterocycles. The highest BCUT2D eigenvalue weighted by Gasteiger charge is 2.30. The number of hydrogen-bond donors (Lipinski definition) is 1. The summed E-state index contributed by atoms with van der Waals surface area (Å²) in [4.78, 5) is 42.9. The topological polar surface area (TPSA) is 105 Å². The van der Waals surface area contributed by atoms with Crippen LogP contribution in [0.3, 0.4) is 0 Å². The highest BCUT2D eigenvalue weighted by Crippen LogP contribution is 2.36. The average Bonchev–Trinajstić information content (AvgIpc) is 3.30. The van der Waals surface area contributed by atoms with E-state index in [9.17, 15) is 18.4 Å². The standard InChI is InChI=1S/C26H31F2N7O3/c1-15-5-4-6-19(15)35-23-16(11-20(24(35)37)38-25(27)28)13-30-26(32-23)31-21-8-7-18(14-29-21)34-10-9-17(33(2)3)12-22(34)36/h7-8,11,13-15,17,19,25H,4-6,9-10,12H2,1-3H3,(H,29,30,31,32)/t15-,17-,19+/m0/s1. The van der Waals surface area contributed by atoms with Gasteiger partial charge in [-0.3, -0.25) is 14.2 Å². The molecule has 0 spiro atoms. The molecule has 38 heavy (non-hydrogen) atoms. The highest BCUT2D eigenvalue weighted by atomic mass is 19.3. The summed E-state index contributed by atoms with van der Waals surface area (Å²) in [6, 6.07) is 4.86. The first-order valence-electron chi connectivity index (χ1n) is 12.8. The van der Waals surface area contributed by atoms with Gasteiger partial charge in [-0.05, 0) is 57.5 Å². The van der Waals surface area contributed by atoms with E-state index in [1.54, 1.807) is 17.2 Å². The molecule has 3 atom stereocenters. The van der Waals surface area contributed by atoms with E-state index in [1.807, 2.05) is 27.1 Å². The number of nitrogens with zero attached hydrogens (tertiary/aromatic N) is 6. The average molecular weight is 528 g/mol. The van der Waals surface area contributed by atoms with E-state index < -0.39 is 17.9 Å². The van der Waals surface area contributed by atoms with E-state index in [1.165, 1.54) is 16.8 Å². The molecule has 2 aliphatic rings. The van der Waals surface area contributed by atoms with Gasteiger partial charge in [-0.25, -0.2) is 9.97 Å². The summed E-state index contributed by atoms with van der Waals surface area (Å²) in [7, 11) is 3.96. The van der Waals surface area contributed by atoms with Crippen molar-refractivity contribution >= 4 is 34.4 Å². The van der Waals surface area contributed by atoms with E-state index in [4.69, 9.17) is 0 Å². The zero-order valence-corrected chi connectivity index (χ0v) is 21.6. The van der Waals surface area contributed by atoms with Crippen LogP contribution >= 0.6 is 0 Å². The molecule has 1 N–H and O–H groups in total. The normalized spacial score (nSPS) is 22.0. The summed E-state index contributed by atoms with van der Waals surface area (Å²) in [5.41, 5.74) is 0.429. The van der Waals surface area contributed by atoms with E-state index in [2.05, 4.69) is 29.9 Å². The van der Waals surface area contributed by atoms with Crippen LogP contribution in [0, 0.1) is 5.92 Å². The van der Waals surface area contributed by atoms with Crippen molar-refractivity contribution in [3.05, 3.63) is 40.9 Å². The Morgan fingerprint density at radius 1 is 1.13 bits per heavy atom. The molecule has 1 amide bonds. The van der Waals surface area contributed by atoms with Crippen LogP contribution in [-0.2, 0) is 4.79 Å². The Kier molecular flexibility index (Phi) is 7.24. The van der Waals surface area contributed by atoms with Gasteiger partial charge in [0.1, 0.15) is 11.5 Å². The number of piperidine rings is 1. The number of aromatic nitrogens is 4. The predicted octanol–water partition coefficient (Wildman–Crippen LogP) is 3.95. The monoisotopic (exact) mass is 527 g/mol. The molecule has 0 aromatic carbocycles. The Labute approximate surface area is 218 Å². The van der Waals surface area contributed by atoms with Crippen LogP contribution < -0.4 is 20.5 Å². The fourth-order valence-corrected chi connectivity index (χ4v) is 5.42. The summed E-state index contributed by atoms with van der Waals surface area (Å²) < 4.78 is 31.9. The first-order valence-corrected chi connectivity index (χ1v) is 12.8. The lowest BCUT2D eigenvalue weighted by atomic mass is 10.0. The molecule has 1 aliphatic carbocycles. The smallest absolute Gasteiger partial charge is 0.387 e. The van der Waals surface area contributed by atoms with Crippen molar-refractivity contribution in [2.75, 3.05) is 30.9 Å². The van der Waals surface area contributed by atoms with Crippen LogP contribution in [0.2, 0.25) is 0 Å². The Balaban J connectivity index is 1.41. The van der Waals surface area contributed by atoms with Crippen molar-refractivity contribution in [1.82, 2.24) is 24.4 Å². The molecule has 12 heteroatoms. The summed E-state index contributed by atoms with van der Waals surface area (Å²) >= 11 is 0. The molecule has 202 valence electrons. The van der Waals surface area contributed by atoms with Crippen LogP contribution in [0.4, 0.5) is 26.2 Å². The van der Waals surface area contributed by atoms with Gasteiger partial charge in [0, 0.05) is 36.6 Å². The number of fused-ring (bicyclic) bond motifs is 1. The predicted molar refractivity (Wildman–Crippen MR) is 139 cm³/mol. The molecule has 1 aliphatic heterocycles. The number of ether oxygens (including phenoxy) is 1. The highest BCUT2D eigenvalue weighted by molar-refractivity contribution is 5.94. The lowest BCUT2D eigenvalue weighted by Crippen LogP contribution is -2.45. The van der Waals surface area contributed by atoms with Gasteiger partial charge in [0.05, 0.1) is 11.9 Å². The third-order valence-corrected chi connectivity index (χ3v) is 7.53. The molecule has 3 aromatic rings. The van der Waals surface area contributed by atoms with Crippen LogP contribution in [0.15, 0.2) is 35.4 Å². The maximum atomic E-state index is 13.2. The second kappa shape index (κ2) is 10.6. The van der Waals surface area contributed by atoms with Gasteiger partial charge >= 0.3 is 6.61 Å². The number of pyridine rings is 2. The number of hydrogen-bond acceptors (Lipinski definition) is 8. The molecular formula is C26H31F2N7O3. The first kappa shape index (κ1) is 26.0. The number of amides is 1. The molecule has 1 saturated carbocycles. The number of rotatable bonds is 7. The molecule has 0 unspecified atom stereocenters. The summed E-state index contributed by atoms with van der Waals surface area (Å²) in [5, 5.41) is 3.47. The Morgan fingerprint density at radius 3 is 2.58 bits per heavy atom. The van der Waals surface area contributed by atoms with E-state index >= 15 is 0 Å². The van der Waals surface area contributed by atoms with E-state index in [-0.39, 0.29) is 29.9 Å². The second-order valence-corrected chi connectivity index (χ2v) is 10.2. The maximum Gasteiger partial charge on any atom is 0.387 e. The first-order chi connectivity index (χ1) is 18.2. The Hall–Kier alpha value is -3.67. The molecule has 5 rings (SSSR count). The summed E-state index contributed by atoms with van der Waals surface area (Å²) in [6.45, 7) is -0.450. The van der Waals surface area contributed by atoms with Gasteiger partial charge < -0.3 is 19.9 Å². The summed E-state index contributed by atoms with van der Waals surface area (Å²) in [6.07, 6.45) is 7.05. The molecule has 2 fully saturated rings. The quantitative estimate of drug-likeness (QED) is 0.493. The number of alkyl halides is 2. The molecule has 10 nitrogen and oxygen atoms in total. The Morgan fingerprint density at radius 2 is 1.95 bits per heavy atom. The SMILES string of the molecule is C[C@H]1CCC[C@H]1n1c(=O)c(OC(F)F)cc2cnc(Nc3ccc(N4CC[C@H](N(C)C)CC4=O)cn3)nc21.